The Hall–Kier alpha value is -1.38. The molecule has 9 heavy (non-hydrogen) atoms. The summed E-state index contributed by atoms with van der Waals surface area (Å²) in [6, 6.07) is 3.15. The Morgan fingerprint density at radius 3 is 2.89 bits per heavy atom. The van der Waals surface area contributed by atoms with Gasteiger partial charge >= 0.3 is 0 Å². The molecule has 1 heterocycles. The monoisotopic (exact) mass is 122 g/mol. The second-order valence-electron chi connectivity index (χ2n) is 1.63. The van der Waals surface area contributed by atoms with Crippen LogP contribution in [-0.2, 0) is 0 Å². The van der Waals surface area contributed by atoms with E-state index in [1.165, 1.54) is 12.3 Å². The van der Waals surface area contributed by atoms with Crippen molar-refractivity contribution in [2.75, 3.05) is 5.73 Å². The van der Waals surface area contributed by atoms with E-state index >= 15 is 0 Å². The Kier molecular flexibility index (Phi) is 1.44. The van der Waals surface area contributed by atoms with Gasteiger partial charge in [0, 0.05) is 11.9 Å². The van der Waals surface area contributed by atoms with Crippen molar-refractivity contribution in [2.24, 2.45) is 0 Å². The lowest BCUT2D eigenvalue weighted by Gasteiger charge is -1.89. The largest absolute Gasteiger partial charge is 0.399 e. The number of nitrogens with two attached hydrogens (primary N) is 1. The van der Waals surface area contributed by atoms with Crippen molar-refractivity contribution >= 4 is 12.0 Å². The molecular formula is C6H6N2O. The zero-order chi connectivity index (χ0) is 6.69. The molecule has 0 aliphatic carbocycles. The van der Waals surface area contributed by atoms with E-state index in [4.69, 9.17) is 5.73 Å². The quantitative estimate of drug-likeness (QED) is 0.551. The molecule has 0 aliphatic heterocycles. The van der Waals surface area contributed by atoms with Gasteiger partial charge in [-0.1, -0.05) is 0 Å². The number of pyridine rings is 1. The molecule has 46 valence electrons. The molecule has 0 amide bonds. The van der Waals surface area contributed by atoms with E-state index in [0.717, 1.165) is 0 Å². The molecule has 1 aromatic heterocycles. The Morgan fingerprint density at radius 1 is 1.67 bits per heavy atom. The minimum absolute atomic E-state index is 0.370. The maximum atomic E-state index is 10.0. The van der Waals surface area contributed by atoms with Crippen LogP contribution in [0.25, 0.3) is 0 Å². The van der Waals surface area contributed by atoms with E-state index in [9.17, 15) is 4.79 Å². The van der Waals surface area contributed by atoms with Crippen LogP contribution >= 0.6 is 0 Å². The number of carbonyl (C=O) groups excluding carboxylic acids is 1. The number of aromatic nitrogens is 1. The summed E-state index contributed by atoms with van der Waals surface area (Å²) in [6.07, 6.45) is 2.16. The smallest absolute Gasteiger partial charge is 0.168 e. The molecule has 0 saturated heterocycles. The Morgan fingerprint density at radius 2 is 2.44 bits per heavy atom. The molecule has 3 heteroatoms. The molecule has 3 nitrogen and oxygen atoms in total. The molecule has 0 bridgehead atoms. The fraction of sp³-hybridized carbons (Fsp3) is 0. The van der Waals surface area contributed by atoms with Crippen LogP contribution in [0.5, 0.6) is 0 Å². The molecule has 0 radical (unpaired) electrons. The number of nitrogen functional groups attached to an aromatic ring is 1. The Bertz CT molecular complexity index is 222. The molecular weight excluding hydrogens is 116 g/mol. The van der Waals surface area contributed by atoms with Gasteiger partial charge in [0.25, 0.3) is 0 Å². The number of hydrogen-bond donors (Lipinski definition) is 1. The molecule has 0 atom stereocenters. The molecule has 0 aliphatic rings. The van der Waals surface area contributed by atoms with Gasteiger partial charge in [-0.05, 0) is 12.1 Å². The summed E-state index contributed by atoms with van der Waals surface area (Å²) in [6.45, 7) is 0. The van der Waals surface area contributed by atoms with Gasteiger partial charge < -0.3 is 5.73 Å². The predicted octanol–water partition coefficient (Wildman–Crippen LogP) is 0.476. The van der Waals surface area contributed by atoms with Crippen molar-refractivity contribution in [3.05, 3.63) is 24.0 Å². The van der Waals surface area contributed by atoms with Crippen molar-refractivity contribution < 1.29 is 4.79 Å². The van der Waals surface area contributed by atoms with Crippen LogP contribution in [0, 0.1) is 0 Å². The average molecular weight is 122 g/mol. The lowest BCUT2D eigenvalue weighted by molar-refractivity contribution is 0.111. The van der Waals surface area contributed by atoms with Crippen LogP contribution in [0.15, 0.2) is 18.3 Å². The summed E-state index contributed by atoms with van der Waals surface area (Å²) in [5.41, 5.74) is 6.27. The first kappa shape index (κ1) is 5.75. The van der Waals surface area contributed by atoms with Crippen molar-refractivity contribution in [2.45, 2.75) is 0 Å². The second-order valence-corrected chi connectivity index (χ2v) is 1.63. The summed E-state index contributed by atoms with van der Waals surface area (Å²) in [4.78, 5) is 13.8. The first-order chi connectivity index (χ1) is 4.33. The third kappa shape index (κ3) is 1.25. The molecule has 0 fully saturated rings. The van der Waals surface area contributed by atoms with Gasteiger partial charge in [-0.2, -0.15) is 0 Å². The van der Waals surface area contributed by atoms with Gasteiger partial charge in [0.05, 0.1) is 0 Å². The van der Waals surface area contributed by atoms with Gasteiger partial charge in [-0.3, -0.25) is 9.78 Å². The third-order valence-corrected chi connectivity index (χ3v) is 0.926. The highest BCUT2D eigenvalue weighted by Gasteiger charge is 1.88. The maximum Gasteiger partial charge on any atom is 0.168 e. The number of aldehydes is 1. The summed E-state index contributed by atoms with van der Waals surface area (Å²) in [5.74, 6) is 0. The van der Waals surface area contributed by atoms with Crippen molar-refractivity contribution in [1.82, 2.24) is 4.98 Å². The lowest BCUT2D eigenvalue weighted by atomic mass is 10.3. The zero-order valence-corrected chi connectivity index (χ0v) is 4.74. The second kappa shape index (κ2) is 2.26. The van der Waals surface area contributed by atoms with Gasteiger partial charge in [0.1, 0.15) is 5.69 Å². The van der Waals surface area contributed by atoms with Crippen molar-refractivity contribution in [3.63, 3.8) is 0 Å². The number of hydrogen-bond acceptors (Lipinski definition) is 3. The van der Waals surface area contributed by atoms with E-state index in [1.807, 2.05) is 0 Å². The number of nitrogens with zero attached hydrogens (tertiary/aromatic N) is 1. The fourth-order valence-corrected chi connectivity index (χ4v) is 0.530. The first-order valence-corrected chi connectivity index (χ1v) is 2.49. The summed E-state index contributed by atoms with van der Waals surface area (Å²) in [7, 11) is 0. The molecule has 0 unspecified atom stereocenters. The van der Waals surface area contributed by atoms with E-state index in [0.29, 0.717) is 17.7 Å². The topological polar surface area (TPSA) is 56.0 Å². The highest BCUT2D eigenvalue weighted by Crippen LogP contribution is 1.98. The van der Waals surface area contributed by atoms with Gasteiger partial charge in [0.15, 0.2) is 6.29 Å². The maximum absolute atomic E-state index is 10.0. The van der Waals surface area contributed by atoms with Crippen LogP contribution in [0.4, 0.5) is 5.69 Å². The van der Waals surface area contributed by atoms with Gasteiger partial charge in [0.2, 0.25) is 0 Å². The average Bonchev–Trinajstić information content (AvgIpc) is 1.88. The number of anilines is 1. The highest BCUT2D eigenvalue weighted by molar-refractivity contribution is 5.73. The molecule has 1 aromatic rings. The number of rotatable bonds is 1. The van der Waals surface area contributed by atoms with Crippen molar-refractivity contribution in [3.8, 4) is 0 Å². The Labute approximate surface area is 52.5 Å². The summed E-state index contributed by atoms with van der Waals surface area (Å²) < 4.78 is 0. The molecule has 0 spiro atoms. The van der Waals surface area contributed by atoms with Crippen molar-refractivity contribution in [1.29, 1.82) is 0 Å². The first-order valence-electron chi connectivity index (χ1n) is 2.49. The Balaban J connectivity index is 3.07. The number of carbonyl (C=O) groups is 1. The summed E-state index contributed by atoms with van der Waals surface area (Å²) >= 11 is 0. The van der Waals surface area contributed by atoms with E-state index < -0.39 is 0 Å². The molecule has 1 rings (SSSR count). The van der Waals surface area contributed by atoms with E-state index in [2.05, 4.69) is 4.98 Å². The van der Waals surface area contributed by atoms with Crippen LogP contribution in [0.1, 0.15) is 10.5 Å². The van der Waals surface area contributed by atoms with Gasteiger partial charge in [-0.15, -0.1) is 0 Å². The van der Waals surface area contributed by atoms with Crippen LogP contribution in [0.3, 0.4) is 0 Å². The molecule has 0 aromatic carbocycles. The van der Waals surface area contributed by atoms with Gasteiger partial charge in [-0.25, -0.2) is 0 Å². The highest BCUT2D eigenvalue weighted by atomic mass is 16.1. The lowest BCUT2D eigenvalue weighted by Crippen LogP contribution is -1.89. The van der Waals surface area contributed by atoms with Crippen LogP contribution < -0.4 is 5.73 Å². The van der Waals surface area contributed by atoms with Crippen LogP contribution in [-0.4, -0.2) is 11.3 Å². The SMILES string of the molecule is Nc1ccnc(C=O)c1. The van der Waals surface area contributed by atoms with Crippen LogP contribution in [0.2, 0.25) is 0 Å². The minimum Gasteiger partial charge on any atom is -0.399 e. The minimum atomic E-state index is 0.370. The standard InChI is InChI=1S/C6H6N2O/c7-5-1-2-8-6(3-5)4-9/h1-4H,(H2,7,8). The fourth-order valence-electron chi connectivity index (χ4n) is 0.530. The molecule has 2 N–H and O–H groups in total. The third-order valence-electron chi connectivity index (χ3n) is 0.926. The van der Waals surface area contributed by atoms with E-state index in [-0.39, 0.29) is 0 Å². The summed E-state index contributed by atoms with van der Waals surface area (Å²) in [5, 5.41) is 0. The normalized spacial score (nSPS) is 8.89. The molecule has 0 saturated carbocycles. The van der Waals surface area contributed by atoms with E-state index in [1.54, 1.807) is 6.07 Å². The zero-order valence-electron chi connectivity index (χ0n) is 4.74. The predicted molar refractivity (Wildman–Crippen MR) is 34.0 cm³/mol.